The highest BCUT2D eigenvalue weighted by Gasteiger charge is 2.11. The summed E-state index contributed by atoms with van der Waals surface area (Å²) < 4.78 is 5.06. The lowest BCUT2D eigenvalue weighted by molar-refractivity contribution is -0.384. The number of nitro groups is 1. The first-order chi connectivity index (χ1) is 8.43. The zero-order valence-electron chi connectivity index (χ0n) is 11.3. The Morgan fingerprint density at radius 2 is 2.00 bits per heavy atom. The molecule has 1 N–H and O–H groups in total. The maximum absolute atomic E-state index is 10.8. The molecule has 0 aliphatic rings. The first-order valence-electron chi connectivity index (χ1n) is 6.01. The van der Waals surface area contributed by atoms with Crippen LogP contribution in [0.3, 0.4) is 0 Å². The van der Waals surface area contributed by atoms with E-state index in [0.717, 1.165) is 6.54 Å². The average Bonchev–Trinajstić information content (AvgIpc) is 2.35. The molecule has 0 aliphatic carbocycles. The minimum Gasteiger partial charge on any atom is -0.496 e. The van der Waals surface area contributed by atoms with Gasteiger partial charge in [-0.15, -0.1) is 0 Å². The van der Waals surface area contributed by atoms with Crippen molar-refractivity contribution in [1.82, 2.24) is 0 Å². The Bertz CT molecular complexity index is 419. The van der Waals surface area contributed by atoms with E-state index >= 15 is 0 Å². The number of anilines is 1. The van der Waals surface area contributed by atoms with Crippen LogP contribution in [-0.4, -0.2) is 18.6 Å². The van der Waals surface area contributed by atoms with Gasteiger partial charge < -0.3 is 10.1 Å². The molecule has 1 aromatic rings. The molecular formula is C13H20N2O3. The van der Waals surface area contributed by atoms with Crippen molar-refractivity contribution in [3.63, 3.8) is 0 Å². The smallest absolute Gasteiger partial charge is 0.275 e. The molecule has 1 unspecified atom stereocenters. The lowest BCUT2D eigenvalue weighted by Gasteiger charge is -2.17. The summed E-state index contributed by atoms with van der Waals surface area (Å²) in [4.78, 5) is 10.4. The predicted octanol–water partition coefficient (Wildman–Crippen LogP) is 3.31. The maximum Gasteiger partial charge on any atom is 0.275 e. The summed E-state index contributed by atoms with van der Waals surface area (Å²) >= 11 is 0. The molecule has 18 heavy (non-hydrogen) atoms. The first kappa shape index (κ1) is 14.3. The van der Waals surface area contributed by atoms with Crippen LogP contribution >= 0.6 is 0 Å². The van der Waals surface area contributed by atoms with Crippen LogP contribution in [0.2, 0.25) is 0 Å². The fourth-order valence-corrected chi connectivity index (χ4v) is 1.42. The van der Waals surface area contributed by atoms with E-state index in [1.165, 1.54) is 19.2 Å². The molecule has 0 aromatic heterocycles. The van der Waals surface area contributed by atoms with Crippen LogP contribution in [0.1, 0.15) is 20.8 Å². The van der Waals surface area contributed by atoms with E-state index in [4.69, 9.17) is 4.74 Å². The van der Waals surface area contributed by atoms with Crippen LogP contribution in [0.15, 0.2) is 18.2 Å². The van der Waals surface area contributed by atoms with Gasteiger partial charge in [-0.05, 0) is 11.8 Å². The Morgan fingerprint density at radius 1 is 1.33 bits per heavy atom. The van der Waals surface area contributed by atoms with Crippen LogP contribution in [0.4, 0.5) is 11.4 Å². The molecule has 0 bridgehead atoms. The summed E-state index contributed by atoms with van der Waals surface area (Å²) in [7, 11) is 1.50. The zero-order valence-corrected chi connectivity index (χ0v) is 11.3. The second-order valence-corrected chi connectivity index (χ2v) is 4.78. The Labute approximate surface area is 107 Å². The van der Waals surface area contributed by atoms with E-state index in [1.807, 2.05) is 0 Å². The molecule has 5 nitrogen and oxygen atoms in total. The number of benzene rings is 1. The second-order valence-electron chi connectivity index (χ2n) is 4.78. The molecule has 1 atom stereocenters. The molecule has 0 aliphatic heterocycles. The number of hydrogen-bond donors (Lipinski definition) is 1. The summed E-state index contributed by atoms with van der Waals surface area (Å²) in [5, 5.41) is 14.0. The number of rotatable bonds is 6. The van der Waals surface area contributed by atoms with E-state index in [1.54, 1.807) is 6.07 Å². The van der Waals surface area contributed by atoms with Crippen molar-refractivity contribution in [1.29, 1.82) is 0 Å². The highest BCUT2D eigenvalue weighted by atomic mass is 16.6. The van der Waals surface area contributed by atoms with Gasteiger partial charge in [-0.1, -0.05) is 20.8 Å². The van der Waals surface area contributed by atoms with E-state index in [2.05, 4.69) is 26.1 Å². The number of nitro benzene ring substituents is 1. The van der Waals surface area contributed by atoms with Gasteiger partial charge in [0.2, 0.25) is 0 Å². The van der Waals surface area contributed by atoms with Gasteiger partial charge in [-0.25, -0.2) is 0 Å². The van der Waals surface area contributed by atoms with Gasteiger partial charge in [-0.2, -0.15) is 0 Å². The van der Waals surface area contributed by atoms with Crippen molar-refractivity contribution in [2.45, 2.75) is 20.8 Å². The Morgan fingerprint density at radius 3 is 2.50 bits per heavy atom. The Hall–Kier alpha value is -1.78. The minimum atomic E-state index is -0.417. The Balaban J connectivity index is 2.81. The first-order valence-corrected chi connectivity index (χ1v) is 6.01. The fraction of sp³-hybridized carbons (Fsp3) is 0.538. The lowest BCUT2D eigenvalue weighted by atomic mass is 9.98. The number of methoxy groups -OCH3 is 1. The number of nitrogens with one attached hydrogen (secondary N) is 1. The Kier molecular flexibility index (Phi) is 4.95. The number of hydrogen-bond acceptors (Lipinski definition) is 4. The van der Waals surface area contributed by atoms with E-state index < -0.39 is 4.92 Å². The van der Waals surface area contributed by atoms with Crippen LogP contribution in [0, 0.1) is 22.0 Å². The highest BCUT2D eigenvalue weighted by molar-refractivity contribution is 5.56. The summed E-state index contributed by atoms with van der Waals surface area (Å²) in [6.45, 7) is 7.23. The molecule has 0 amide bonds. The number of nitrogens with zero attached hydrogens (tertiary/aromatic N) is 1. The normalized spacial score (nSPS) is 12.3. The average molecular weight is 252 g/mol. The molecule has 0 saturated carbocycles. The zero-order chi connectivity index (χ0) is 13.7. The standard InChI is InChI=1S/C13H20N2O3/c1-9(2)10(3)8-14-11-5-12(15(16)17)7-13(6-11)18-4/h5-7,9-10,14H,8H2,1-4H3. The van der Waals surface area contributed by atoms with Gasteiger partial charge in [-0.3, -0.25) is 10.1 Å². The molecule has 100 valence electrons. The molecule has 0 spiro atoms. The van der Waals surface area contributed by atoms with Crippen molar-refractivity contribution < 1.29 is 9.66 Å². The topological polar surface area (TPSA) is 64.4 Å². The molecule has 0 fully saturated rings. The molecule has 0 saturated heterocycles. The van der Waals surface area contributed by atoms with E-state index in [9.17, 15) is 10.1 Å². The van der Waals surface area contributed by atoms with Crippen molar-refractivity contribution in [3.8, 4) is 5.75 Å². The van der Waals surface area contributed by atoms with E-state index in [0.29, 0.717) is 23.3 Å². The van der Waals surface area contributed by atoms with Gasteiger partial charge in [0, 0.05) is 24.4 Å². The summed E-state index contributed by atoms with van der Waals surface area (Å²) in [6, 6.07) is 4.70. The summed E-state index contributed by atoms with van der Waals surface area (Å²) in [5.74, 6) is 1.55. The van der Waals surface area contributed by atoms with Gasteiger partial charge in [0.05, 0.1) is 18.1 Å². The SMILES string of the molecule is COc1cc(NCC(C)C(C)C)cc([N+](=O)[O-])c1. The molecular weight excluding hydrogens is 232 g/mol. The molecule has 0 heterocycles. The fourth-order valence-electron chi connectivity index (χ4n) is 1.42. The molecule has 1 aromatic carbocycles. The molecule has 5 heteroatoms. The van der Waals surface area contributed by atoms with Crippen molar-refractivity contribution in [2.24, 2.45) is 11.8 Å². The lowest BCUT2D eigenvalue weighted by Crippen LogP contribution is -2.16. The predicted molar refractivity (Wildman–Crippen MR) is 72.1 cm³/mol. The van der Waals surface area contributed by atoms with Crippen LogP contribution in [0.5, 0.6) is 5.75 Å². The van der Waals surface area contributed by atoms with Gasteiger partial charge in [0.25, 0.3) is 5.69 Å². The van der Waals surface area contributed by atoms with Gasteiger partial charge >= 0.3 is 0 Å². The van der Waals surface area contributed by atoms with Crippen molar-refractivity contribution >= 4 is 11.4 Å². The monoisotopic (exact) mass is 252 g/mol. The largest absolute Gasteiger partial charge is 0.496 e. The summed E-state index contributed by atoms with van der Waals surface area (Å²) in [6.07, 6.45) is 0. The van der Waals surface area contributed by atoms with Crippen molar-refractivity contribution in [2.75, 3.05) is 19.0 Å². The third-order valence-electron chi connectivity index (χ3n) is 3.10. The maximum atomic E-state index is 10.8. The van der Waals surface area contributed by atoms with Crippen LogP contribution in [-0.2, 0) is 0 Å². The number of non-ortho nitro benzene ring substituents is 1. The van der Waals surface area contributed by atoms with E-state index in [-0.39, 0.29) is 5.69 Å². The quantitative estimate of drug-likeness (QED) is 0.623. The minimum absolute atomic E-state index is 0.0362. The van der Waals surface area contributed by atoms with Crippen LogP contribution < -0.4 is 10.1 Å². The van der Waals surface area contributed by atoms with Gasteiger partial charge in [0.1, 0.15) is 5.75 Å². The second kappa shape index (κ2) is 6.23. The number of ether oxygens (including phenoxy) is 1. The third kappa shape index (κ3) is 3.91. The van der Waals surface area contributed by atoms with Crippen molar-refractivity contribution in [3.05, 3.63) is 28.3 Å². The molecule has 1 rings (SSSR count). The third-order valence-corrected chi connectivity index (χ3v) is 3.10. The summed E-state index contributed by atoms with van der Waals surface area (Å²) in [5.41, 5.74) is 0.752. The van der Waals surface area contributed by atoms with Crippen LogP contribution in [0.25, 0.3) is 0 Å². The van der Waals surface area contributed by atoms with Gasteiger partial charge in [0.15, 0.2) is 0 Å². The molecule has 0 radical (unpaired) electrons. The highest BCUT2D eigenvalue weighted by Crippen LogP contribution is 2.26.